The monoisotopic (exact) mass is 260 g/mol. The van der Waals surface area contributed by atoms with Crippen LogP contribution in [0.1, 0.15) is 24.0 Å². The van der Waals surface area contributed by atoms with Gasteiger partial charge in [-0.15, -0.1) is 18.5 Å². The van der Waals surface area contributed by atoms with Crippen LogP contribution < -0.4 is 0 Å². The standard InChI is InChI=1S/C15H18P2/c1-12(13-8-4-2-5-9-13)15(16,17)14-10-6-3-7-11-14/h2-12H,16-17H2,1H3. The molecule has 0 spiro atoms. The van der Waals surface area contributed by atoms with E-state index in [1.54, 1.807) is 0 Å². The SMILES string of the molecule is CC(c1ccccc1)C(P)(P)c1ccccc1. The predicted molar refractivity (Wildman–Crippen MR) is 82.4 cm³/mol. The highest BCUT2D eigenvalue weighted by Crippen LogP contribution is 2.49. The molecule has 2 aromatic carbocycles. The topological polar surface area (TPSA) is 0 Å². The van der Waals surface area contributed by atoms with E-state index in [2.05, 4.69) is 86.1 Å². The van der Waals surface area contributed by atoms with Crippen LogP contribution in [0.3, 0.4) is 0 Å². The van der Waals surface area contributed by atoms with E-state index in [1.807, 2.05) is 0 Å². The van der Waals surface area contributed by atoms with Crippen molar-refractivity contribution in [3.8, 4) is 0 Å². The summed E-state index contributed by atoms with van der Waals surface area (Å²) in [5.74, 6) is 0.432. The number of rotatable bonds is 3. The van der Waals surface area contributed by atoms with Crippen molar-refractivity contribution in [3.05, 3.63) is 71.8 Å². The van der Waals surface area contributed by atoms with Crippen LogP contribution in [0.15, 0.2) is 60.7 Å². The maximum absolute atomic E-state index is 2.98. The molecule has 17 heavy (non-hydrogen) atoms. The Morgan fingerprint density at radius 1 is 0.824 bits per heavy atom. The maximum Gasteiger partial charge on any atom is 0.0303 e. The van der Waals surface area contributed by atoms with Gasteiger partial charge in [-0.2, -0.15) is 0 Å². The number of hydrogen-bond donors (Lipinski definition) is 0. The molecule has 0 aliphatic rings. The molecular weight excluding hydrogens is 242 g/mol. The van der Waals surface area contributed by atoms with E-state index in [-0.39, 0.29) is 4.90 Å². The average Bonchev–Trinajstić information content (AvgIpc) is 2.40. The molecule has 0 radical (unpaired) electrons. The minimum atomic E-state index is -0.0113. The molecule has 0 fully saturated rings. The Bertz CT molecular complexity index is 463. The van der Waals surface area contributed by atoms with Gasteiger partial charge in [-0.25, -0.2) is 0 Å². The fourth-order valence-corrected chi connectivity index (χ4v) is 2.76. The summed E-state index contributed by atoms with van der Waals surface area (Å²) in [5.41, 5.74) is 2.69. The molecule has 3 atom stereocenters. The molecule has 0 saturated heterocycles. The van der Waals surface area contributed by atoms with Crippen LogP contribution in [0, 0.1) is 0 Å². The first-order chi connectivity index (χ1) is 8.12. The van der Waals surface area contributed by atoms with Gasteiger partial charge in [-0.1, -0.05) is 67.6 Å². The summed E-state index contributed by atoms with van der Waals surface area (Å²) in [7, 11) is 5.96. The van der Waals surface area contributed by atoms with Crippen LogP contribution in [-0.4, -0.2) is 0 Å². The summed E-state index contributed by atoms with van der Waals surface area (Å²) in [6.07, 6.45) is 0. The van der Waals surface area contributed by atoms with E-state index in [9.17, 15) is 0 Å². The fourth-order valence-electron chi connectivity index (χ4n) is 1.99. The second kappa shape index (κ2) is 5.30. The molecular formula is C15H18P2. The van der Waals surface area contributed by atoms with Crippen LogP contribution in [0.4, 0.5) is 0 Å². The summed E-state index contributed by atoms with van der Waals surface area (Å²) in [6.45, 7) is 2.27. The maximum atomic E-state index is 2.98. The minimum absolute atomic E-state index is 0.0113. The van der Waals surface area contributed by atoms with Crippen molar-refractivity contribution in [2.45, 2.75) is 17.7 Å². The summed E-state index contributed by atoms with van der Waals surface area (Å²) in [6, 6.07) is 21.2. The molecule has 0 nitrogen and oxygen atoms in total. The van der Waals surface area contributed by atoms with Gasteiger partial charge in [-0.05, 0) is 17.0 Å². The van der Waals surface area contributed by atoms with E-state index < -0.39 is 0 Å². The van der Waals surface area contributed by atoms with E-state index >= 15 is 0 Å². The first kappa shape index (κ1) is 12.7. The second-order valence-corrected chi connectivity index (χ2v) is 7.01. The van der Waals surface area contributed by atoms with Crippen molar-refractivity contribution < 1.29 is 0 Å². The molecule has 88 valence electrons. The van der Waals surface area contributed by atoms with Crippen molar-refractivity contribution in [3.63, 3.8) is 0 Å². The van der Waals surface area contributed by atoms with E-state index in [1.165, 1.54) is 11.1 Å². The van der Waals surface area contributed by atoms with Gasteiger partial charge in [0.2, 0.25) is 0 Å². The van der Waals surface area contributed by atoms with Crippen LogP contribution >= 0.6 is 18.5 Å². The van der Waals surface area contributed by atoms with Gasteiger partial charge in [0.15, 0.2) is 0 Å². The lowest BCUT2D eigenvalue weighted by Gasteiger charge is -2.32. The Morgan fingerprint density at radius 3 is 1.82 bits per heavy atom. The lowest BCUT2D eigenvalue weighted by Crippen LogP contribution is -2.17. The Hall–Kier alpha value is -0.700. The molecule has 0 aliphatic carbocycles. The normalized spacial score (nSPS) is 13.4. The van der Waals surface area contributed by atoms with Gasteiger partial charge in [-0.3, -0.25) is 0 Å². The van der Waals surface area contributed by atoms with Crippen LogP contribution in [-0.2, 0) is 4.90 Å². The molecule has 2 heteroatoms. The smallest absolute Gasteiger partial charge is 0.0303 e. The lowest BCUT2D eigenvalue weighted by molar-refractivity contribution is 0.693. The highest BCUT2D eigenvalue weighted by atomic mass is 31.1. The zero-order valence-corrected chi connectivity index (χ0v) is 12.3. The largest absolute Gasteiger partial charge is 0.122 e. The molecule has 0 amide bonds. The average molecular weight is 260 g/mol. The Labute approximate surface area is 108 Å². The molecule has 0 N–H and O–H groups in total. The van der Waals surface area contributed by atoms with E-state index in [0.29, 0.717) is 5.92 Å². The quantitative estimate of drug-likeness (QED) is 0.718. The van der Waals surface area contributed by atoms with Gasteiger partial charge in [0.05, 0.1) is 0 Å². The van der Waals surface area contributed by atoms with Crippen LogP contribution in [0.25, 0.3) is 0 Å². The number of benzene rings is 2. The van der Waals surface area contributed by atoms with Gasteiger partial charge in [0.1, 0.15) is 0 Å². The zero-order valence-electron chi connectivity index (χ0n) is 10.0. The van der Waals surface area contributed by atoms with Gasteiger partial charge in [0.25, 0.3) is 0 Å². The highest BCUT2D eigenvalue weighted by Gasteiger charge is 2.29. The molecule has 2 rings (SSSR count). The van der Waals surface area contributed by atoms with E-state index in [0.717, 1.165) is 0 Å². The van der Waals surface area contributed by atoms with Crippen molar-refractivity contribution in [1.29, 1.82) is 0 Å². The summed E-state index contributed by atoms with van der Waals surface area (Å²) in [5, 5.41) is 0. The number of hydrogen-bond acceptors (Lipinski definition) is 0. The lowest BCUT2D eigenvalue weighted by atomic mass is 9.92. The molecule has 0 aromatic heterocycles. The molecule has 2 aromatic rings. The molecule has 0 saturated carbocycles. The minimum Gasteiger partial charge on any atom is -0.122 e. The molecule has 0 bridgehead atoms. The Morgan fingerprint density at radius 2 is 1.29 bits per heavy atom. The highest BCUT2D eigenvalue weighted by molar-refractivity contribution is 7.39. The van der Waals surface area contributed by atoms with Crippen LogP contribution in [0.5, 0.6) is 0 Å². The third-order valence-corrected chi connectivity index (χ3v) is 4.96. The third kappa shape index (κ3) is 2.76. The van der Waals surface area contributed by atoms with Gasteiger partial charge in [0, 0.05) is 4.90 Å². The van der Waals surface area contributed by atoms with Crippen LogP contribution in [0.2, 0.25) is 0 Å². The summed E-state index contributed by atoms with van der Waals surface area (Å²) < 4.78 is 0. The van der Waals surface area contributed by atoms with Gasteiger partial charge < -0.3 is 0 Å². The van der Waals surface area contributed by atoms with Crippen molar-refractivity contribution in [2.75, 3.05) is 0 Å². The Kier molecular flexibility index (Phi) is 3.97. The fraction of sp³-hybridized carbons (Fsp3) is 0.200. The summed E-state index contributed by atoms with van der Waals surface area (Å²) in [4.78, 5) is -0.0113. The predicted octanol–water partition coefficient (Wildman–Crippen LogP) is 4.39. The first-order valence-corrected chi connectivity index (χ1v) is 6.96. The van der Waals surface area contributed by atoms with Crippen molar-refractivity contribution >= 4 is 18.5 Å². The Balaban J connectivity index is 2.33. The molecule has 3 unspecified atom stereocenters. The first-order valence-electron chi connectivity index (χ1n) is 5.80. The third-order valence-electron chi connectivity index (χ3n) is 3.29. The zero-order chi connectivity index (χ0) is 12.3. The molecule has 0 heterocycles. The van der Waals surface area contributed by atoms with Crippen molar-refractivity contribution in [1.82, 2.24) is 0 Å². The molecule has 0 aliphatic heterocycles. The second-order valence-electron chi connectivity index (χ2n) is 4.43. The van der Waals surface area contributed by atoms with Gasteiger partial charge >= 0.3 is 0 Å². The van der Waals surface area contributed by atoms with E-state index in [4.69, 9.17) is 0 Å². The van der Waals surface area contributed by atoms with Crippen molar-refractivity contribution in [2.24, 2.45) is 0 Å². The summed E-state index contributed by atoms with van der Waals surface area (Å²) >= 11 is 0.